The van der Waals surface area contributed by atoms with Crippen molar-refractivity contribution in [3.05, 3.63) is 66.2 Å². The number of nitrogens with zero attached hydrogens (tertiary/aromatic N) is 4. The number of rotatable bonds is 6. The standard InChI is InChI=1S/C26H29N5O2/c1-30-11-13-31(14-12-30)10-4-9-27-21-7-8-22-23(29-32)17-26(33-25(22)16-21)24-15-19-5-2-3-6-20(19)18-28-24/h2-3,5-8,15-18,27,32H,4,9-14H2,1H3/b29-23-. The summed E-state index contributed by atoms with van der Waals surface area (Å²) in [6.45, 7) is 6.57. The third-order valence-electron chi connectivity index (χ3n) is 6.31. The lowest BCUT2D eigenvalue weighted by molar-refractivity contribution is 0.154. The lowest BCUT2D eigenvalue weighted by Gasteiger charge is -2.32. The molecule has 7 heteroatoms. The predicted octanol–water partition coefficient (Wildman–Crippen LogP) is 3.99. The minimum atomic E-state index is 0.461. The van der Waals surface area contributed by atoms with Gasteiger partial charge in [0.2, 0.25) is 0 Å². The maximum atomic E-state index is 9.60. The van der Waals surface area contributed by atoms with Gasteiger partial charge in [0.05, 0.1) is 0 Å². The Labute approximate surface area is 193 Å². The minimum absolute atomic E-state index is 0.461. The molecule has 0 unspecified atom stereocenters. The zero-order valence-corrected chi connectivity index (χ0v) is 18.9. The van der Waals surface area contributed by atoms with Crippen LogP contribution in [0.3, 0.4) is 0 Å². The van der Waals surface area contributed by atoms with Gasteiger partial charge in [-0.2, -0.15) is 0 Å². The number of hydrogen-bond donors (Lipinski definition) is 2. The summed E-state index contributed by atoms with van der Waals surface area (Å²) >= 11 is 0. The van der Waals surface area contributed by atoms with Crippen LogP contribution < -0.4 is 10.7 Å². The van der Waals surface area contributed by atoms with E-state index in [4.69, 9.17) is 4.42 Å². The summed E-state index contributed by atoms with van der Waals surface area (Å²) in [5, 5.41) is 20.0. The lowest BCUT2D eigenvalue weighted by Crippen LogP contribution is -2.44. The average molecular weight is 444 g/mol. The Balaban J connectivity index is 1.34. The van der Waals surface area contributed by atoms with E-state index in [-0.39, 0.29) is 0 Å². The van der Waals surface area contributed by atoms with E-state index in [1.807, 2.05) is 54.7 Å². The highest BCUT2D eigenvalue weighted by Gasteiger charge is 2.13. The van der Waals surface area contributed by atoms with Crippen molar-refractivity contribution in [2.75, 3.05) is 51.6 Å². The number of benzene rings is 2. The zero-order valence-electron chi connectivity index (χ0n) is 18.9. The van der Waals surface area contributed by atoms with E-state index in [0.717, 1.165) is 67.5 Å². The van der Waals surface area contributed by atoms with Gasteiger partial charge in [-0.3, -0.25) is 4.98 Å². The quantitative estimate of drug-likeness (QED) is 0.267. The average Bonchev–Trinajstić information content (AvgIpc) is 2.86. The lowest BCUT2D eigenvalue weighted by atomic mass is 10.1. The fourth-order valence-corrected chi connectivity index (χ4v) is 4.31. The Bertz CT molecular complexity index is 1330. The van der Waals surface area contributed by atoms with Crippen molar-refractivity contribution in [1.82, 2.24) is 14.8 Å². The second kappa shape index (κ2) is 9.60. The molecule has 0 bridgehead atoms. The van der Waals surface area contributed by atoms with Crippen molar-refractivity contribution in [2.24, 2.45) is 5.16 Å². The number of hydrogen-bond acceptors (Lipinski definition) is 7. The second-order valence-corrected chi connectivity index (χ2v) is 8.65. The molecule has 0 saturated carbocycles. The first kappa shape index (κ1) is 21.4. The van der Waals surface area contributed by atoms with Crippen LogP contribution in [0.2, 0.25) is 0 Å². The molecule has 2 N–H and O–H groups in total. The molecule has 4 aromatic rings. The molecule has 2 aromatic heterocycles. The third kappa shape index (κ3) is 4.84. The molecule has 1 aliphatic heterocycles. The number of likely N-dealkylation sites (N-methyl/N-ethyl adjacent to an activating group) is 1. The smallest absolute Gasteiger partial charge is 0.155 e. The van der Waals surface area contributed by atoms with Gasteiger partial charge < -0.3 is 24.7 Å². The van der Waals surface area contributed by atoms with E-state index >= 15 is 0 Å². The van der Waals surface area contributed by atoms with Crippen LogP contribution in [0.5, 0.6) is 0 Å². The summed E-state index contributed by atoms with van der Waals surface area (Å²) < 4.78 is 6.20. The molecule has 0 atom stereocenters. The van der Waals surface area contributed by atoms with Crippen molar-refractivity contribution in [3.8, 4) is 11.5 Å². The van der Waals surface area contributed by atoms with Gasteiger partial charge >= 0.3 is 0 Å². The molecule has 0 aliphatic carbocycles. The molecule has 1 fully saturated rings. The van der Waals surface area contributed by atoms with E-state index in [0.29, 0.717) is 22.4 Å². The molecule has 0 amide bonds. The third-order valence-corrected chi connectivity index (χ3v) is 6.31. The predicted molar refractivity (Wildman–Crippen MR) is 131 cm³/mol. The summed E-state index contributed by atoms with van der Waals surface area (Å²) in [5.41, 5.74) is 2.34. The summed E-state index contributed by atoms with van der Waals surface area (Å²) in [6, 6.07) is 17.7. The van der Waals surface area contributed by atoms with Crippen LogP contribution >= 0.6 is 0 Å². The molecule has 170 valence electrons. The number of aromatic nitrogens is 1. The molecule has 7 nitrogen and oxygen atoms in total. The molecule has 3 heterocycles. The molecule has 33 heavy (non-hydrogen) atoms. The fourth-order valence-electron chi connectivity index (χ4n) is 4.31. The Morgan fingerprint density at radius 3 is 2.67 bits per heavy atom. The van der Waals surface area contributed by atoms with Gasteiger partial charge in [-0.1, -0.05) is 29.4 Å². The van der Waals surface area contributed by atoms with Crippen LogP contribution in [-0.2, 0) is 0 Å². The molecular formula is C26H29N5O2. The van der Waals surface area contributed by atoms with E-state index in [9.17, 15) is 5.21 Å². The molecule has 0 spiro atoms. The Kier molecular flexibility index (Phi) is 6.24. The van der Waals surface area contributed by atoms with E-state index in [1.165, 1.54) is 0 Å². The Hall–Kier alpha value is -3.42. The number of pyridine rings is 1. The highest BCUT2D eigenvalue weighted by Crippen LogP contribution is 2.25. The van der Waals surface area contributed by atoms with Crippen LogP contribution in [0.4, 0.5) is 5.69 Å². The highest BCUT2D eigenvalue weighted by atomic mass is 16.4. The van der Waals surface area contributed by atoms with Crippen LogP contribution in [0, 0.1) is 0 Å². The second-order valence-electron chi connectivity index (χ2n) is 8.65. The molecular weight excluding hydrogens is 414 g/mol. The van der Waals surface area contributed by atoms with Crippen molar-refractivity contribution in [3.63, 3.8) is 0 Å². The van der Waals surface area contributed by atoms with Crippen LogP contribution in [0.15, 0.2) is 70.4 Å². The van der Waals surface area contributed by atoms with E-state index in [1.54, 1.807) is 6.07 Å². The van der Waals surface area contributed by atoms with Crippen LogP contribution in [-0.4, -0.2) is 66.3 Å². The molecule has 5 rings (SSSR count). The summed E-state index contributed by atoms with van der Waals surface area (Å²) in [7, 11) is 2.18. The summed E-state index contributed by atoms with van der Waals surface area (Å²) in [5.74, 6) is 0.563. The molecule has 2 aromatic carbocycles. The van der Waals surface area contributed by atoms with Gasteiger partial charge in [0, 0.05) is 67.5 Å². The van der Waals surface area contributed by atoms with Gasteiger partial charge in [0.15, 0.2) is 5.76 Å². The fraction of sp³-hybridized carbons (Fsp3) is 0.308. The van der Waals surface area contributed by atoms with Crippen LogP contribution in [0.25, 0.3) is 33.2 Å². The monoisotopic (exact) mass is 443 g/mol. The summed E-state index contributed by atoms with van der Waals surface area (Å²) in [4.78, 5) is 9.45. The van der Waals surface area contributed by atoms with Gasteiger partial charge in [-0.05, 0) is 43.6 Å². The normalized spacial score (nSPS) is 16.0. The number of nitrogens with one attached hydrogen (secondary N) is 1. The van der Waals surface area contributed by atoms with Crippen molar-refractivity contribution in [2.45, 2.75) is 6.42 Å². The van der Waals surface area contributed by atoms with Gasteiger partial charge in [-0.25, -0.2) is 0 Å². The topological polar surface area (TPSA) is 77.1 Å². The largest absolute Gasteiger partial charge is 0.454 e. The van der Waals surface area contributed by atoms with Crippen molar-refractivity contribution in [1.29, 1.82) is 0 Å². The highest BCUT2D eigenvalue weighted by molar-refractivity contribution is 5.86. The first-order valence-corrected chi connectivity index (χ1v) is 11.5. The maximum absolute atomic E-state index is 9.60. The number of piperazine rings is 1. The first-order chi connectivity index (χ1) is 16.2. The van der Waals surface area contributed by atoms with Crippen LogP contribution in [0.1, 0.15) is 6.42 Å². The number of fused-ring (bicyclic) bond motifs is 2. The SMILES string of the molecule is CN1CCN(CCCNc2ccc3/c(=N\O)cc(-c4cc5ccccc5cn4)oc3c2)CC1. The van der Waals surface area contributed by atoms with Crippen molar-refractivity contribution < 1.29 is 9.62 Å². The first-order valence-electron chi connectivity index (χ1n) is 11.5. The summed E-state index contributed by atoms with van der Waals surface area (Å²) in [6.07, 6.45) is 2.91. The molecule has 0 radical (unpaired) electrons. The maximum Gasteiger partial charge on any atom is 0.155 e. The van der Waals surface area contributed by atoms with Crippen molar-refractivity contribution >= 4 is 27.4 Å². The molecule has 1 aliphatic rings. The Morgan fingerprint density at radius 2 is 1.85 bits per heavy atom. The van der Waals surface area contributed by atoms with E-state index in [2.05, 4.69) is 32.3 Å². The van der Waals surface area contributed by atoms with Gasteiger partial charge in [0.1, 0.15) is 16.6 Å². The van der Waals surface area contributed by atoms with Gasteiger partial charge in [0.25, 0.3) is 0 Å². The van der Waals surface area contributed by atoms with E-state index < -0.39 is 0 Å². The van der Waals surface area contributed by atoms with Gasteiger partial charge in [-0.15, -0.1) is 0 Å². The Morgan fingerprint density at radius 1 is 1.03 bits per heavy atom. The minimum Gasteiger partial charge on any atom is -0.454 e. The number of anilines is 1. The molecule has 1 saturated heterocycles. The zero-order chi connectivity index (χ0) is 22.6.